The summed E-state index contributed by atoms with van der Waals surface area (Å²) in [4.78, 5) is 16.2. The maximum atomic E-state index is 11.9. The van der Waals surface area contributed by atoms with Crippen LogP contribution in [0.1, 0.15) is 58.9 Å². The molecule has 0 bridgehead atoms. The smallest absolute Gasteiger partial charge is 0.407 e. The number of aryl methyl sites for hydroxylation is 2. The first-order valence-corrected chi connectivity index (χ1v) is 8.08. The lowest BCUT2D eigenvalue weighted by Gasteiger charge is -2.35. The first-order chi connectivity index (χ1) is 10.4. The molecule has 0 aliphatic carbocycles. The summed E-state index contributed by atoms with van der Waals surface area (Å²) >= 11 is 0. The van der Waals surface area contributed by atoms with Gasteiger partial charge in [0, 0.05) is 12.1 Å². The molecule has 0 unspecified atom stereocenters. The zero-order chi connectivity index (χ0) is 17.8. The number of nitrogens with one attached hydrogen (secondary N) is 2. The lowest BCUT2D eigenvalue weighted by Crippen LogP contribution is -2.55. The van der Waals surface area contributed by atoms with Crippen LogP contribution in [0.5, 0.6) is 0 Å². The molecule has 1 aromatic rings. The number of hydrogen-bond donors (Lipinski definition) is 2. The van der Waals surface area contributed by atoms with E-state index in [1.165, 1.54) is 0 Å². The molecule has 1 rings (SSSR count). The fourth-order valence-corrected chi connectivity index (χ4v) is 1.93. The third-order valence-corrected chi connectivity index (χ3v) is 3.99. The molecule has 23 heavy (non-hydrogen) atoms. The van der Waals surface area contributed by atoms with Gasteiger partial charge in [-0.05, 0) is 47.5 Å². The lowest BCUT2D eigenvalue weighted by molar-refractivity contribution is 0.0502. The maximum Gasteiger partial charge on any atom is 0.407 e. The minimum Gasteiger partial charge on any atom is -0.444 e. The Morgan fingerprint density at radius 2 is 1.87 bits per heavy atom. The summed E-state index contributed by atoms with van der Waals surface area (Å²) in [6, 6.07) is 0. The fraction of sp³-hybridized carbons (Fsp3) is 0.765. The van der Waals surface area contributed by atoms with Gasteiger partial charge in [0.15, 0.2) is 0 Å². The van der Waals surface area contributed by atoms with Crippen LogP contribution in [0, 0.1) is 19.8 Å². The summed E-state index contributed by atoms with van der Waals surface area (Å²) in [5, 5.41) is 6.28. The van der Waals surface area contributed by atoms with Crippen molar-refractivity contribution in [1.29, 1.82) is 0 Å². The number of alkyl carbamates (subject to hydrolysis) is 1. The van der Waals surface area contributed by atoms with Crippen molar-refractivity contribution >= 4 is 6.09 Å². The molecule has 1 aromatic heterocycles. The van der Waals surface area contributed by atoms with Crippen molar-refractivity contribution in [2.45, 2.75) is 73.1 Å². The van der Waals surface area contributed by atoms with Gasteiger partial charge in [-0.3, -0.25) is 0 Å². The molecule has 0 saturated heterocycles. The fourth-order valence-electron chi connectivity index (χ4n) is 1.93. The molecule has 0 aromatic carbocycles. The molecule has 132 valence electrons. The summed E-state index contributed by atoms with van der Waals surface area (Å²) in [7, 11) is 0. The van der Waals surface area contributed by atoms with E-state index in [1.807, 2.05) is 34.6 Å². The van der Waals surface area contributed by atoms with Crippen molar-refractivity contribution in [3.05, 3.63) is 17.3 Å². The average Bonchev–Trinajstić information content (AvgIpc) is 2.71. The van der Waals surface area contributed by atoms with Crippen LogP contribution in [0.4, 0.5) is 4.79 Å². The van der Waals surface area contributed by atoms with Gasteiger partial charge in [-0.25, -0.2) is 9.78 Å². The number of ether oxygens (including phenoxy) is 1. The van der Waals surface area contributed by atoms with Gasteiger partial charge in [-0.1, -0.05) is 13.8 Å². The number of oxazole rings is 1. The van der Waals surface area contributed by atoms with Gasteiger partial charge in [-0.2, -0.15) is 0 Å². The van der Waals surface area contributed by atoms with Crippen molar-refractivity contribution in [3.63, 3.8) is 0 Å². The zero-order valence-corrected chi connectivity index (χ0v) is 15.7. The molecule has 0 radical (unpaired) electrons. The Balaban J connectivity index is 2.62. The molecule has 0 aliphatic heterocycles. The molecule has 1 heterocycles. The van der Waals surface area contributed by atoms with Crippen LogP contribution in [0.3, 0.4) is 0 Å². The molecular formula is C17H31N3O3. The Hall–Kier alpha value is -1.56. The van der Waals surface area contributed by atoms with E-state index < -0.39 is 11.7 Å². The second-order valence-electron chi connectivity index (χ2n) is 7.53. The summed E-state index contributed by atoms with van der Waals surface area (Å²) < 4.78 is 10.9. The summed E-state index contributed by atoms with van der Waals surface area (Å²) in [5.41, 5.74) is 0.103. The van der Waals surface area contributed by atoms with Gasteiger partial charge in [0.2, 0.25) is 5.89 Å². The minimum absolute atomic E-state index is 0.298. The second kappa shape index (κ2) is 7.34. The van der Waals surface area contributed by atoms with Crippen LogP contribution < -0.4 is 10.6 Å². The summed E-state index contributed by atoms with van der Waals surface area (Å²) in [6.45, 7) is 16.6. The highest BCUT2D eigenvalue weighted by atomic mass is 16.6. The quantitative estimate of drug-likeness (QED) is 0.839. The summed E-state index contributed by atoms with van der Waals surface area (Å²) in [5.74, 6) is 1.79. The predicted octanol–water partition coefficient (Wildman–Crippen LogP) is 3.32. The van der Waals surface area contributed by atoms with E-state index in [0.717, 1.165) is 11.5 Å². The number of nitrogens with zero attached hydrogens (tertiary/aromatic N) is 1. The van der Waals surface area contributed by atoms with E-state index in [2.05, 4.69) is 36.4 Å². The lowest BCUT2D eigenvalue weighted by atomic mass is 9.88. The maximum absolute atomic E-state index is 11.9. The van der Waals surface area contributed by atoms with Crippen molar-refractivity contribution in [2.75, 3.05) is 6.54 Å². The first-order valence-electron chi connectivity index (χ1n) is 8.08. The van der Waals surface area contributed by atoms with E-state index in [-0.39, 0.29) is 5.54 Å². The molecule has 6 heteroatoms. The van der Waals surface area contributed by atoms with Crippen LogP contribution in [-0.4, -0.2) is 28.8 Å². The van der Waals surface area contributed by atoms with Gasteiger partial charge >= 0.3 is 6.09 Å². The highest BCUT2D eigenvalue weighted by Gasteiger charge is 2.29. The van der Waals surface area contributed by atoms with Crippen LogP contribution in [0.15, 0.2) is 4.42 Å². The van der Waals surface area contributed by atoms with Crippen LogP contribution in [0.2, 0.25) is 0 Å². The number of hydrogen-bond acceptors (Lipinski definition) is 5. The molecule has 2 N–H and O–H groups in total. The topological polar surface area (TPSA) is 76.4 Å². The SMILES string of the molecule is Cc1nc(CN[C@](C)(CNC(=O)OC(C)(C)C)C(C)C)oc1C. The molecule has 6 nitrogen and oxygen atoms in total. The molecule has 0 saturated carbocycles. The molecule has 1 atom stereocenters. The molecule has 1 amide bonds. The van der Waals surface area contributed by atoms with Gasteiger partial charge < -0.3 is 19.8 Å². The first kappa shape index (κ1) is 19.5. The molecule has 0 spiro atoms. The summed E-state index contributed by atoms with van der Waals surface area (Å²) in [6.07, 6.45) is -0.408. The normalized spacial score (nSPS) is 14.7. The number of carbonyl (C=O) groups is 1. The van der Waals surface area contributed by atoms with Crippen LogP contribution in [0.25, 0.3) is 0 Å². The van der Waals surface area contributed by atoms with E-state index >= 15 is 0 Å². The second-order valence-corrected chi connectivity index (χ2v) is 7.53. The van der Waals surface area contributed by atoms with Gasteiger partial charge in [0.25, 0.3) is 0 Å². The van der Waals surface area contributed by atoms with Crippen molar-refractivity contribution in [1.82, 2.24) is 15.6 Å². The molecular weight excluding hydrogens is 294 g/mol. The van der Waals surface area contributed by atoms with E-state index in [1.54, 1.807) is 0 Å². The van der Waals surface area contributed by atoms with E-state index in [9.17, 15) is 4.79 Å². The Kier molecular flexibility index (Phi) is 6.22. The highest BCUT2D eigenvalue weighted by molar-refractivity contribution is 5.67. The molecule has 0 aliphatic rings. The standard InChI is InChI=1S/C17H31N3O3/c1-11(2)17(8,10-18-15(21)23-16(5,6)7)19-9-14-20-12(3)13(4)22-14/h11,19H,9-10H2,1-8H3,(H,18,21)/t17-/m1/s1. The van der Waals surface area contributed by atoms with Crippen molar-refractivity contribution in [3.8, 4) is 0 Å². The van der Waals surface area contributed by atoms with Gasteiger partial charge in [0.05, 0.1) is 12.2 Å². The monoisotopic (exact) mass is 325 g/mol. The van der Waals surface area contributed by atoms with E-state index in [0.29, 0.717) is 24.9 Å². The van der Waals surface area contributed by atoms with Crippen LogP contribution >= 0.6 is 0 Å². The van der Waals surface area contributed by atoms with Crippen LogP contribution in [-0.2, 0) is 11.3 Å². The predicted molar refractivity (Wildman–Crippen MR) is 90.3 cm³/mol. The Bertz CT molecular complexity index is 512. The van der Waals surface area contributed by atoms with Crippen molar-refractivity contribution in [2.24, 2.45) is 5.92 Å². The third kappa shape index (κ3) is 6.22. The third-order valence-electron chi connectivity index (χ3n) is 3.99. The average molecular weight is 325 g/mol. The Morgan fingerprint density at radius 3 is 2.30 bits per heavy atom. The Morgan fingerprint density at radius 1 is 1.26 bits per heavy atom. The minimum atomic E-state index is -0.501. The number of amides is 1. The van der Waals surface area contributed by atoms with E-state index in [4.69, 9.17) is 9.15 Å². The molecule has 0 fully saturated rings. The number of aromatic nitrogens is 1. The van der Waals surface area contributed by atoms with Gasteiger partial charge in [-0.15, -0.1) is 0 Å². The number of rotatable bonds is 6. The largest absolute Gasteiger partial charge is 0.444 e. The highest BCUT2D eigenvalue weighted by Crippen LogP contribution is 2.18. The van der Waals surface area contributed by atoms with Crippen molar-refractivity contribution < 1.29 is 13.9 Å². The zero-order valence-electron chi connectivity index (χ0n) is 15.7. The number of carbonyl (C=O) groups excluding carboxylic acids is 1. The Labute approximate surface area is 139 Å². The van der Waals surface area contributed by atoms with Gasteiger partial charge in [0.1, 0.15) is 11.4 Å².